The molecule has 0 atom stereocenters. The maximum atomic E-state index is 13.4. The van der Waals surface area contributed by atoms with Gasteiger partial charge in [-0.1, -0.05) is 50.2 Å². The molecule has 5 heteroatoms. The van der Waals surface area contributed by atoms with E-state index in [4.69, 9.17) is 0 Å². The number of fused-ring (bicyclic) bond motifs is 1. The second kappa shape index (κ2) is 7.87. The monoisotopic (exact) mass is 387 g/mol. The molecule has 0 bridgehead atoms. The molecule has 4 rings (SSSR count). The van der Waals surface area contributed by atoms with Gasteiger partial charge in [-0.25, -0.2) is 14.1 Å². The van der Waals surface area contributed by atoms with Crippen molar-refractivity contribution >= 4 is 10.9 Å². The molecule has 29 heavy (non-hydrogen) atoms. The summed E-state index contributed by atoms with van der Waals surface area (Å²) in [6, 6.07) is 21.5. The molecule has 0 aliphatic heterocycles. The van der Waals surface area contributed by atoms with Crippen LogP contribution in [0.4, 0.5) is 4.39 Å². The number of nitrogens with one attached hydrogen (secondary N) is 1. The smallest absolute Gasteiger partial charge is 0.280 e. The molecule has 0 radical (unpaired) electrons. The first-order valence-electron chi connectivity index (χ1n) is 9.63. The Kier molecular flexibility index (Phi) is 5.12. The average molecular weight is 387 g/mol. The number of benzene rings is 3. The predicted octanol–water partition coefficient (Wildman–Crippen LogP) is 5.07. The first kappa shape index (κ1) is 18.9. The van der Waals surface area contributed by atoms with Crippen LogP contribution in [0.3, 0.4) is 0 Å². The van der Waals surface area contributed by atoms with Crippen LogP contribution in [0.1, 0.15) is 30.9 Å². The number of hydrogen-bond donors (Lipinski definition) is 1. The van der Waals surface area contributed by atoms with Crippen molar-refractivity contribution in [3.8, 4) is 11.4 Å². The Bertz CT molecular complexity index is 1200. The van der Waals surface area contributed by atoms with Crippen LogP contribution >= 0.6 is 0 Å². The second-order valence-electron chi connectivity index (χ2n) is 7.33. The lowest BCUT2D eigenvalue weighted by molar-refractivity contribution is 0.628. The first-order valence-corrected chi connectivity index (χ1v) is 9.63. The third-order valence-corrected chi connectivity index (χ3v) is 4.97. The molecule has 146 valence electrons. The summed E-state index contributed by atoms with van der Waals surface area (Å²) in [5, 5.41) is 0.529. The lowest BCUT2D eigenvalue weighted by Crippen LogP contribution is -2.31. The first-order chi connectivity index (χ1) is 14.0. The molecule has 0 aliphatic rings. The fourth-order valence-corrected chi connectivity index (χ4v) is 3.26. The van der Waals surface area contributed by atoms with Crippen molar-refractivity contribution in [2.45, 2.75) is 26.3 Å². The van der Waals surface area contributed by atoms with E-state index in [-0.39, 0.29) is 11.4 Å². The minimum atomic E-state index is -0.332. The molecule has 1 aromatic heterocycles. The van der Waals surface area contributed by atoms with Crippen LogP contribution in [0.2, 0.25) is 0 Å². The van der Waals surface area contributed by atoms with Crippen molar-refractivity contribution in [3.05, 3.63) is 100 Å². The summed E-state index contributed by atoms with van der Waals surface area (Å²) in [7, 11) is 0. The number of halogens is 1. The van der Waals surface area contributed by atoms with E-state index in [0.29, 0.717) is 34.8 Å². The largest absolute Gasteiger partial charge is 0.317 e. The van der Waals surface area contributed by atoms with Gasteiger partial charge in [-0.05, 0) is 53.4 Å². The van der Waals surface area contributed by atoms with Crippen LogP contribution in [-0.4, -0.2) is 9.66 Å². The third kappa shape index (κ3) is 3.90. The van der Waals surface area contributed by atoms with Crippen molar-refractivity contribution in [2.24, 2.45) is 0 Å². The van der Waals surface area contributed by atoms with Gasteiger partial charge >= 0.3 is 0 Å². The highest BCUT2D eigenvalue weighted by Gasteiger charge is 2.13. The van der Waals surface area contributed by atoms with Crippen LogP contribution in [0.15, 0.2) is 77.6 Å². The van der Waals surface area contributed by atoms with E-state index in [1.54, 1.807) is 24.3 Å². The molecule has 0 amide bonds. The minimum Gasteiger partial charge on any atom is -0.317 e. The molecule has 0 saturated carbocycles. The number of hydrogen-bond acceptors (Lipinski definition) is 3. The molecule has 0 saturated heterocycles. The van der Waals surface area contributed by atoms with E-state index in [1.165, 1.54) is 22.4 Å². The zero-order valence-electron chi connectivity index (χ0n) is 16.4. The van der Waals surface area contributed by atoms with E-state index < -0.39 is 0 Å². The SMILES string of the molecule is CC(C)c1ccc(CNn2c(-c3ccc(F)cc3)nc3ccccc3c2=O)cc1. The summed E-state index contributed by atoms with van der Waals surface area (Å²) in [6.45, 7) is 4.78. The maximum Gasteiger partial charge on any atom is 0.280 e. The lowest BCUT2D eigenvalue weighted by Gasteiger charge is -2.16. The summed E-state index contributed by atoms with van der Waals surface area (Å²) in [6.07, 6.45) is 0. The van der Waals surface area contributed by atoms with Gasteiger partial charge in [-0.3, -0.25) is 4.79 Å². The van der Waals surface area contributed by atoms with Crippen LogP contribution in [-0.2, 0) is 6.54 Å². The second-order valence-corrected chi connectivity index (χ2v) is 7.33. The van der Waals surface area contributed by atoms with Crippen LogP contribution in [0.25, 0.3) is 22.3 Å². The van der Waals surface area contributed by atoms with Gasteiger partial charge in [0.15, 0.2) is 5.82 Å². The van der Waals surface area contributed by atoms with Gasteiger partial charge in [0.1, 0.15) is 5.82 Å². The van der Waals surface area contributed by atoms with Crippen molar-refractivity contribution < 1.29 is 4.39 Å². The van der Waals surface area contributed by atoms with Gasteiger partial charge in [0, 0.05) is 5.56 Å². The molecule has 4 aromatic rings. The van der Waals surface area contributed by atoms with E-state index >= 15 is 0 Å². The predicted molar refractivity (Wildman–Crippen MR) is 115 cm³/mol. The molecular formula is C24H22FN3O. The maximum absolute atomic E-state index is 13.4. The van der Waals surface area contributed by atoms with Crippen LogP contribution in [0, 0.1) is 5.82 Å². The number of para-hydroxylation sites is 1. The number of aromatic nitrogens is 2. The molecule has 0 fully saturated rings. The molecule has 1 heterocycles. The van der Waals surface area contributed by atoms with Gasteiger partial charge < -0.3 is 5.43 Å². The van der Waals surface area contributed by atoms with Gasteiger partial charge in [0.05, 0.1) is 17.4 Å². The van der Waals surface area contributed by atoms with Crippen LogP contribution in [0.5, 0.6) is 0 Å². The van der Waals surface area contributed by atoms with E-state index in [2.05, 4.69) is 48.5 Å². The summed E-state index contributed by atoms with van der Waals surface area (Å²) < 4.78 is 14.8. The van der Waals surface area contributed by atoms with Gasteiger partial charge in [-0.15, -0.1) is 0 Å². The summed E-state index contributed by atoms with van der Waals surface area (Å²) in [5.41, 5.74) is 6.61. The molecular weight excluding hydrogens is 365 g/mol. The van der Waals surface area contributed by atoms with Gasteiger partial charge in [0.2, 0.25) is 0 Å². The molecule has 3 aromatic carbocycles. The topological polar surface area (TPSA) is 46.9 Å². The van der Waals surface area contributed by atoms with E-state index in [9.17, 15) is 9.18 Å². The zero-order valence-corrected chi connectivity index (χ0v) is 16.4. The van der Waals surface area contributed by atoms with E-state index in [1.807, 2.05) is 12.1 Å². The van der Waals surface area contributed by atoms with Crippen molar-refractivity contribution in [2.75, 3.05) is 5.43 Å². The highest BCUT2D eigenvalue weighted by molar-refractivity contribution is 5.79. The Morgan fingerprint density at radius 2 is 1.66 bits per heavy atom. The molecule has 0 unspecified atom stereocenters. The number of rotatable bonds is 5. The fourth-order valence-electron chi connectivity index (χ4n) is 3.26. The Hall–Kier alpha value is -3.47. The molecule has 0 spiro atoms. The normalized spacial score (nSPS) is 11.2. The van der Waals surface area contributed by atoms with Gasteiger partial charge in [-0.2, -0.15) is 0 Å². The summed E-state index contributed by atoms with van der Waals surface area (Å²) in [5.74, 6) is 0.587. The standard InChI is InChI=1S/C24H22FN3O/c1-16(2)18-9-7-17(8-10-18)15-26-28-23(19-11-13-20(25)14-12-19)27-22-6-4-3-5-21(22)24(28)29/h3-14,16,26H,15H2,1-2H3. The van der Waals surface area contributed by atoms with Crippen molar-refractivity contribution in [3.63, 3.8) is 0 Å². The van der Waals surface area contributed by atoms with Crippen molar-refractivity contribution in [1.82, 2.24) is 9.66 Å². The third-order valence-electron chi connectivity index (χ3n) is 4.97. The van der Waals surface area contributed by atoms with Gasteiger partial charge in [0.25, 0.3) is 5.56 Å². The highest BCUT2D eigenvalue weighted by atomic mass is 19.1. The Balaban J connectivity index is 1.75. The highest BCUT2D eigenvalue weighted by Crippen LogP contribution is 2.19. The Morgan fingerprint density at radius 1 is 0.966 bits per heavy atom. The molecule has 1 N–H and O–H groups in total. The Morgan fingerprint density at radius 3 is 2.34 bits per heavy atom. The Labute approximate surface area is 168 Å². The quantitative estimate of drug-likeness (QED) is 0.520. The zero-order chi connectivity index (χ0) is 20.4. The summed E-state index contributed by atoms with van der Waals surface area (Å²) in [4.78, 5) is 17.8. The lowest BCUT2D eigenvalue weighted by atomic mass is 10.0. The number of nitrogens with zero attached hydrogens (tertiary/aromatic N) is 2. The van der Waals surface area contributed by atoms with E-state index in [0.717, 1.165) is 5.56 Å². The summed E-state index contributed by atoms with van der Waals surface area (Å²) >= 11 is 0. The van der Waals surface area contributed by atoms with Crippen LogP contribution < -0.4 is 11.0 Å². The molecule has 4 nitrogen and oxygen atoms in total. The fraction of sp³-hybridized carbons (Fsp3) is 0.167. The average Bonchev–Trinajstić information content (AvgIpc) is 2.74. The molecule has 0 aliphatic carbocycles. The minimum absolute atomic E-state index is 0.186. The van der Waals surface area contributed by atoms with Crippen molar-refractivity contribution in [1.29, 1.82) is 0 Å².